The summed E-state index contributed by atoms with van der Waals surface area (Å²) in [4.78, 5) is 34.0. The molecule has 68 valence electrons. The molecule has 9 heteroatoms. The molecular weight excluding hydrogens is 300 g/mol. The van der Waals surface area contributed by atoms with Crippen LogP contribution in [-0.2, 0) is 0 Å². The zero-order valence-corrected chi connectivity index (χ0v) is 8.75. The predicted octanol–water partition coefficient (Wildman–Crippen LogP) is -0.824. The van der Waals surface area contributed by atoms with E-state index in [1.165, 1.54) is 0 Å². The Morgan fingerprint density at radius 3 is 1.67 bits per heavy atom. The lowest BCUT2D eigenvalue weighted by Crippen LogP contribution is -2.42. The lowest BCUT2D eigenvalue weighted by molar-refractivity contribution is 0.837. The average Bonchev–Trinajstić information content (AvgIpc) is 1.97. The molecule has 0 saturated heterocycles. The molecule has 0 spiro atoms. The van der Waals surface area contributed by atoms with Crippen LogP contribution in [0, 0.1) is 0 Å². The summed E-state index contributed by atoms with van der Waals surface area (Å²) in [5.74, 6) is 0. The van der Waals surface area contributed by atoms with Gasteiger partial charge in [-0.1, -0.05) is 0 Å². The highest BCUT2D eigenvalue weighted by Crippen LogP contribution is 1.77. The maximum atomic E-state index is 10.8. The first-order valence-corrected chi connectivity index (χ1v) is 3.76. The molecule has 0 radical (unpaired) electrons. The van der Waals surface area contributed by atoms with E-state index < -0.39 is 17.1 Å². The smallest absolute Gasteiger partial charge is 0.344 e. The summed E-state index contributed by atoms with van der Waals surface area (Å²) >= 11 is 5.27. The number of H-pyrrole nitrogens is 1. The summed E-state index contributed by atoms with van der Waals surface area (Å²) in [6, 6.07) is 0. The first kappa shape index (κ1) is 11.3. The first-order chi connectivity index (χ1) is 5.04. The van der Waals surface area contributed by atoms with Gasteiger partial charge in [-0.15, -0.1) is 0 Å². The molecule has 0 aromatic carbocycles. The predicted molar refractivity (Wildman–Crippen MR) is 49.3 cm³/mol. The molecule has 7 nitrogen and oxygen atoms in total. The Morgan fingerprint density at radius 2 is 1.33 bits per heavy atom. The molecule has 0 aliphatic heterocycles. The number of hydrogen-bond acceptors (Lipinski definition) is 4. The number of hydrogen-bond donors (Lipinski definition) is 2. The van der Waals surface area contributed by atoms with Crippen LogP contribution in [0.15, 0.2) is 14.4 Å². The molecule has 0 bridgehead atoms. The van der Waals surface area contributed by atoms with Gasteiger partial charge in [0, 0.05) is 0 Å². The minimum atomic E-state index is -0.810. The van der Waals surface area contributed by atoms with Gasteiger partial charge < -0.3 is 6.15 Å². The van der Waals surface area contributed by atoms with Crippen LogP contribution >= 0.6 is 32.3 Å². The molecule has 4 N–H and O–H groups in total. The van der Waals surface area contributed by atoms with Gasteiger partial charge in [-0.2, -0.15) is 7.19 Å². The fourth-order valence-corrected chi connectivity index (χ4v) is 1.15. The minimum Gasteiger partial charge on any atom is -0.344 e. The fraction of sp³-hybridized carbons (Fsp3) is 0. The van der Waals surface area contributed by atoms with Crippen molar-refractivity contribution in [3.8, 4) is 0 Å². The van der Waals surface area contributed by atoms with Crippen LogP contribution in [0.1, 0.15) is 0 Å². The van der Waals surface area contributed by atoms with Crippen LogP contribution < -0.4 is 23.2 Å². The van der Waals surface area contributed by atoms with Gasteiger partial charge in [0.05, 0.1) is 32.3 Å². The van der Waals surface area contributed by atoms with Gasteiger partial charge in [-0.25, -0.2) is 14.4 Å². The van der Waals surface area contributed by atoms with Crippen molar-refractivity contribution in [2.75, 3.05) is 0 Å². The average molecular weight is 304 g/mol. The van der Waals surface area contributed by atoms with Crippen molar-refractivity contribution < 1.29 is 0 Å². The topological polar surface area (TPSA) is 112 Å². The summed E-state index contributed by atoms with van der Waals surface area (Å²) < 4.78 is 1.17. The van der Waals surface area contributed by atoms with Gasteiger partial charge in [0.15, 0.2) is 0 Å². The van der Waals surface area contributed by atoms with Gasteiger partial charge >= 0.3 is 17.1 Å². The lowest BCUT2D eigenvalue weighted by atomic mass is 11.0. The highest BCUT2D eigenvalue weighted by Gasteiger charge is 2.03. The second-order valence-electron chi connectivity index (χ2n) is 1.58. The zero-order chi connectivity index (χ0) is 8.59. The number of nitrogens with zero attached hydrogens (tertiary/aromatic N) is 2. The Labute approximate surface area is 82.3 Å². The standard InChI is InChI=1S/C3HBr2N3O3.H3N/c4-7-1(9)6-2(10)8(5)3(7)11;/h(H,6,9,10);1H3. The number of nitrogens with one attached hydrogen (secondary N) is 1. The molecule has 12 heavy (non-hydrogen) atoms. The van der Waals surface area contributed by atoms with E-state index in [2.05, 4.69) is 32.3 Å². The summed E-state index contributed by atoms with van der Waals surface area (Å²) in [5.41, 5.74) is -2.41. The number of aromatic nitrogens is 3. The van der Waals surface area contributed by atoms with E-state index in [1.54, 1.807) is 0 Å². The van der Waals surface area contributed by atoms with Gasteiger partial charge in [0.25, 0.3) is 0 Å². The van der Waals surface area contributed by atoms with E-state index in [4.69, 9.17) is 0 Å². The maximum absolute atomic E-state index is 10.8. The molecule has 0 aliphatic carbocycles. The van der Waals surface area contributed by atoms with Crippen LogP contribution in [0.3, 0.4) is 0 Å². The van der Waals surface area contributed by atoms with E-state index in [9.17, 15) is 14.4 Å². The Morgan fingerprint density at radius 1 is 1.00 bits per heavy atom. The third-order valence-corrected chi connectivity index (χ3v) is 2.16. The molecule has 0 saturated carbocycles. The van der Waals surface area contributed by atoms with Crippen LogP contribution in [-0.4, -0.2) is 12.2 Å². The lowest BCUT2D eigenvalue weighted by Gasteiger charge is -1.92. The van der Waals surface area contributed by atoms with Crippen LogP contribution in [0.4, 0.5) is 0 Å². The van der Waals surface area contributed by atoms with Gasteiger partial charge in [0.1, 0.15) is 0 Å². The van der Waals surface area contributed by atoms with Crippen LogP contribution in [0.25, 0.3) is 0 Å². The monoisotopic (exact) mass is 302 g/mol. The normalized spacial score (nSPS) is 9.17. The second-order valence-corrected chi connectivity index (χ2v) is 3.00. The molecule has 0 unspecified atom stereocenters. The quantitative estimate of drug-likeness (QED) is 0.652. The third-order valence-electron chi connectivity index (χ3n) is 0.906. The first-order valence-electron chi connectivity index (χ1n) is 2.34. The number of rotatable bonds is 0. The van der Waals surface area contributed by atoms with Crippen molar-refractivity contribution in [2.24, 2.45) is 0 Å². The van der Waals surface area contributed by atoms with Crippen molar-refractivity contribution in [1.29, 1.82) is 0 Å². The molecule has 1 aromatic rings. The van der Waals surface area contributed by atoms with E-state index in [0.29, 0.717) is 7.19 Å². The second kappa shape index (κ2) is 3.83. The Bertz CT molecular complexity index is 405. The summed E-state index contributed by atoms with van der Waals surface area (Å²) in [6.07, 6.45) is 0. The largest absolute Gasteiger partial charge is 0.357 e. The SMILES string of the molecule is N.O=c1[nH]c(=O)n(Br)c(=O)n1Br. The van der Waals surface area contributed by atoms with Crippen molar-refractivity contribution in [3.05, 3.63) is 31.5 Å². The van der Waals surface area contributed by atoms with Crippen molar-refractivity contribution in [2.45, 2.75) is 0 Å². The molecule has 1 heterocycles. The molecule has 1 rings (SSSR count). The van der Waals surface area contributed by atoms with Crippen molar-refractivity contribution in [1.82, 2.24) is 18.3 Å². The fourth-order valence-electron chi connectivity index (χ4n) is 0.440. The van der Waals surface area contributed by atoms with Gasteiger partial charge in [0.2, 0.25) is 0 Å². The maximum Gasteiger partial charge on any atom is 0.357 e. The van der Waals surface area contributed by atoms with Crippen molar-refractivity contribution in [3.63, 3.8) is 0 Å². The highest BCUT2D eigenvalue weighted by atomic mass is 79.9. The molecular formula is C3H4Br2N4O3. The third kappa shape index (κ3) is 1.73. The Hall–Kier alpha value is -0.670. The van der Waals surface area contributed by atoms with E-state index in [0.717, 1.165) is 0 Å². The van der Waals surface area contributed by atoms with Crippen LogP contribution in [0.5, 0.6) is 0 Å². The number of aromatic amines is 1. The van der Waals surface area contributed by atoms with Crippen molar-refractivity contribution >= 4 is 32.3 Å². The minimum absolute atomic E-state index is 0. The number of halogens is 2. The molecule has 1 aromatic heterocycles. The molecule has 0 aliphatic rings. The summed E-state index contributed by atoms with van der Waals surface area (Å²) in [7, 11) is 0. The molecule has 0 amide bonds. The van der Waals surface area contributed by atoms with E-state index in [1.807, 2.05) is 4.98 Å². The van der Waals surface area contributed by atoms with Crippen LogP contribution in [0.2, 0.25) is 0 Å². The zero-order valence-electron chi connectivity index (χ0n) is 5.58. The Kier molecular flexibility index (Phi) is 3.61. The molecule has 0 fully saturated rings. The summed E-state index contributed by atoms with van der Waals surface area (Å²) in [5, 5.41) is 0. The van der Waals surface area contributed by atoms with Gasteiger partial charge in [-0.05, 0) is 0 Å². The highest BCUT2D eigenvalue weighted by molar-refractivity contribution is 9.08. The van der Waals surface area contributed by atoms with Gasteiger partial charge in [-0.3, -0.25) is 4.98 Å². The Balaban J connectivity index is 0.00000121. The van der Waals surface area contributed by atoms with E-state index in [-0.39, 0.29) is 6.15 Å². The van der Waals surface area contributed by atoms with E-state index >= 15 is 0 Å². The summed E-state index contributed by atoms with van der Waals surface area (Å²) in [6.45, 7) is 0. The molecule has 0 atom stereocenters.